The van der Waals surface area contributed by atoms with Crippen molar-refractivity contribution in [1.29, 1.82) is 0 Å². The van der Waals surface area contributed by atoms with E-state index in [1.807, 2.05) is 30.4 Å². The number of aromatic nitrogens is 4. The predicted octanol–water partition coefficient (Wildman–Crippen LogP) is 4.57. The van der Waals surface area contributed by atoms with Crippen LogP contribution < -0.4 is 4.72 Å². The predicted molar refractivity (Wildman–Crippen MR) is 160 cm³/mol. The van der Waals surface area contributed by atoms with Crippen molar-refractivity contribution >= 4 is 27.6 Å². The zero-order valence-electron chi connectivity index (χ0n) is 23.2. The van der Waals surface area contributed by atoms with Gasteiger partial charge in [-0.25, -0.2) is 9.97 Å². The largest absolute Gasteiger partial charge is 0.333 e. The van der Waals surface area contributed by atoms with E-state index in [0.717, 1.165) is 87.9 Å². The fraction of sp³-hybridized carbons (Fsp3) is 0.517. The average Bonchev–Trinajstić information content (AvgIpc) is 3.54. The molecule has 4 heterocycles. The molecule has 1 aliphatic carbocycles. The van der Waals surface area contributed by atoms with E-state index in [1.165, 1.54) is 23.1 Å². The van der Waals surface area contributed by atoms with Gasteiger partial charge in [0.25, 0.3) is 0 Å². The van der Waals surface area contributed by atoms with Gasteiger partial charge in [-0.2, -0.15) is 13.1 Å². The van der Waals surface area contributed by atoms with E-state index in [1.54, 1.807) is 5.57 Å². The van der Waals surface area contributed by atoms with E-state index in [-0.39, 0.29) is 6.04 Å². The lowest BCUT2D eigenvalue weighted by Gasteiger charge is -2.29. The fourth-order valence-corrected chi connectivity index (χ4v) is 7.48. The number of likely N-dealkylation sites (tertiary alicyclic amines) is 1. The van der Waals surface area contributed by atoms with Crippen LogP contribution in [0.5, 0.6) is 0 Å². The summed E-state index contributed by atoms with van der Waals surface area (Å²) in [4.78, 5) is 11.8. The van der Waals surface area contributed by atoms with Gasteiger partial charge in [0.05, 0.1) is 0 Å². The molecule has 1 aromatic carbocycles. The number of thioether (sulfide) groups is 1. The molecule has 2 aromatic heterocycles. The van der Waals surface area contributed by atoms with Crippen LogP contribution in [0, 0.1) is 0 Å². The van der Waals surface area contributed by atoms with Gasteiger partial charge >= 0.3 is 10.3 Å². The molecule has 216 valence electrons. The first-order chi connectivity index (χ1) is 19.4. The van der Waals surface area contributed by atoms with Crippen LogP contribution in [-0.4, -0.2) is 68.4 Å². The van der Waals surface area contributed by atoms with Crippen LogP contribution in [0.4, 0.5) is 0 Å². The minimum atomic E-state index is -3.97. The van der Waals surface area contributed by atoms with E-state index < -0.39 is 10.3 Å². The van der Waals surface area contributed by atoms with Crippen molar-refractivity contribution in [2.75, 3.05) is 25.4 Å². The van der Waals surface area contributed by atoms with Crippen LogP contribution >= 0.6 is 11.8 Å². The fourth-order valence-electron chi connectivity index (χ4n) is 5.89. The Hall–Kier alpha value is -2.44. The number of hydrogen-bond donors (Lipinski definition) is 2. The van der Waals surface area contributed by atoms with Gasteiger partial charge in [0.15, 0.2) is 5.16 Å². The molecule has 11 heteroatoms. The van der Waals surface area contributed by atoms with Crippen molar-refractivity contribution in [3.8, 4) is 0 Å². The number of imidazole rings is 2. The molecular weight excluding hydrogens is 544 g/mol. The molecule has 2 fully saturated rings. The number of piperidine rings is 1. The molecule has 0 bridgehead atoms. The molecule has 0 atom stereocenters. The van der Waals surface area contributed by atoms with Gasteiger partial charge in [-0.1, -0.05) is 60.9 Å². The summed E-state index contributed by atoms with van der Waals surface area (Å²) in [6.07, 6.45) is 16.3. The van der Waals surface area contributed by atoms with E-state index >= 15 is 0 Å². The third-order valence-electron chi connectivity index (χ3n) is 8.00. The molecule has 9 nitrogen and oxygen atoms in total. The van der Waals surface area contributed by atoms with Crippen molar-refractivity contribution in [3.05, 3.63) is 71.6 Å². The molecule has 0 radical (unpaired) electrons. The Morgan fingerprint density at radius 2 is 1.75 bits per heavy atom. The summed E-state index contributed by atoms with van der Waals surface area (Å²) in [5.74, 6) is 2.24. The summed E-state index contributed by atoms with van der Waals surface area (Å²) < 4.78 is 35.7. The van der Waals surface area contributed by atoms with Gasteiger partial charge < -0.3 is 14.0 Å². The van der Waals surface area contributed by atoms with E-state index in [4.69, 9.17) is 9.54 Å². The summed E-state index contributed by atoms with van der Waals surface area (Å²) in [5.41, 5.74) is 5.81. The Balaban J connectivity index is 0.000000248. The highest BCUT2D eigenvalue weighted by atomic mass is 32.2. The Morgan fingerprint density at radius 3 is 2.48 bits per heavy atom. The molecule has 1 saturated heterocycles. The number of fused-ring (bicyclic) bond motifs is 2. The Bertz CT molecular complexity index is 1400. The van der Waals surface area contributed by atoms with Crippen molar-refractivity contribution < 1.29 is 13.0 Å². The summed E-state index contributed by atoms with van der Waals surface area (Å²) >= 11 is 1.85. The molecule has 40 heavy (non-hydrogen) atoms. The highest BCUT2D eigenvalue weighted by Gasteiger charge is 2.25. The van der Waals surface area contributed by atoms with Crippen LogP contribution in [0.2, 0.25) is 0 Å². The Kier molecular flexibility index (Phi) is 9.80. The second-order valence-electron chi connectivity index (χ2n) is 10.8. The molecule has 0 amide bonds. The average molecular weight is 585 g/mol. The molecular formula is C29H40N6O3S2. The summed E-state index contributed by atoms with van der Waals surface area (Å²) in [6.45, 7) is 4.39. The second kappa shape index (κ2) is 13.5. The van der Waals surface area contributed by atoms with Crippen LogP contribution in [-0.2, 0) is 30.3 Å². The zero-order valence-corrected chi connectivity index (χ0v) is 24.8. The first kappa shape index (κ1) is 29.1. The van der Waals surface area contributed by atoms with E-state index in [0.29, 0.717) is 0 Å². The first-order valence-electron chi connectivity index (χ1n) is 14.3. The van der Waals surface area contributed by atoms with Gasteiger partial charge in [-0.15, -0.1) is 0 Å². The molecule has 2 N–H and O–H groups in total. The van der Waals surface area contributed by atoms with Crippen LogP contribution in [0.15, 0.2) is 59.8 Å². The minimum absolute atomic E-state index is 0.0428. The zero-order chi connectivity index (χ0) is 28.0. The topological polar surface area (TPSA) is 105 Å². The van der Waals surface area contributed by atoms with Crippen molar-refractivity contribution in [1.82, 2.24) is 28.7 Å². The van der Waals surface area contributed by atoms with Gasteiger partial charge in [0, 0.05) is 75.4 Å². The number of nitrogens with zero attached hydrogens (tertiary/aromatic N) is 5. The van der Waals surface area contributed by atoms with Gasteiger partial charge in [-0.3, -0.25) is 4.55 Å². The monoisotopic (exact) mass is 584 g/mol. The molecule has 0 unspecified atom stereocenters. The summed E-state index contributed by atoms with van der Waals surface area (Å²) in [7, 11) is -1.92. The number of nitrogens with one attached hydrogen (secondary N) is 1. The lowest BCUT2D eigenvalue weighted by Crippen LogP contribution is -2.35. The molecule has 3 aliphatic rings. The maximum absolute atomic E-state index is 10.3. The minimum Gasteiger partial charge on any atom is -0.331 e. The van der Waals surface area contributed by atoms with Crippen molar-refractivity contribution in [2.45, 2.75) is 69.1 Å². The molecule has 1 saturated carbocycles. The highest BCUT2D eigenvalue weighted by Crippen LogP contribution is 2.35. The number of aryl methyl sites for hydroxylation is 3. The summed E-state index contributed by atoms with van der Waals surface area (Å²) in [6, 6.07) is 8.86. The normalized spacial score (nSPS) is 18.4. The SMILES string of the molecule is Cn1ccnc1SCCN1CCC(=C2c3ccccc3CCn3ccnc32)CC1.O=S(=O)(O)NC1CCCCC1. The van der Waals surface area contributed by atoms with Crippen LogP contribution in [0.25, 0.3) is 5.57 Å². The van der Waals surface area contributed by atoms with Gasteiger partial charge in [0.2, 0.25) is 0 Å². The number of hydrogen-bond acceptors (Lipinski definition) is 6. The van der Waals surface area contributed by atoms with E-state index in [9.17, 15) is 8.42 Å². The van der Waals surface area contributed by atoms with E-state index in [2.05, 4.69) is 61.3 Å². The third-order valence-corrected chi connectivity index (χ3v) is 9.67. The second-order valence-corrected chi connectivity index (χ2v) is 13.0. The molecule has 2 aliphatic heterocycles. The molecule has 3 aromatic rings. The number of benzene rings is 1. The smallest absolute Gasteiger partial charge is 0.331 e. The van der Waals surface area contributed by atoms with Crippen molar-refractivity contribution in [3.63, 3.8) is 0 Å². The Labute approximate surface area is 242 Å². The number of rotatable bonds is 6. The maximum Gasteiger partial charge on any atom is 0.333 e. The quantitative estimate of drug-likeness (QED) is 0.323. The molecule has 0 spiro atoms. The lowest BCUT2D eigenvalue weighted by molar-refractivity contribution is 0.272. The molecule has 6 rings (SSSR count). The first-order valence-corrected chi connectivity index (χ1v) is 16.7. The standard InChI is InChI=1S/C23H27N5S.C6H13NO3S/c1-26-14-9-25-23(26)29-17-16-27-11-6-19(7-12-27)21-20-5-3-2-4-18(20)8-13-28-15-10-24-22(21)28;8-11(9,10)7-6-4-2-1-3-5-6/h2-5,9-10,14-15H,6-8,11-13,16-17H2,1H3;6-7H,1-5H2,(H,8,9,10). The van der Waals surface area contributed by atoms with Crippen LogP contribution in [0.1, 0.15) is 61.9 Å². The highest BCUT2D eigenvalue weighted by molar-refractivity contribution is 7.99. The van der Waals surface area contributed by atoms with Crippen molar-refractivity contribution in [2.24, 2.45) is 7.05 Å². The van der Waals surface area contributed by atoms with Crippen LogP contribution in [0.3, 0.4) is 0 Å². The third kappa shape index (κ3) is 7.64. The van der Waals surface area contributed by atoms with Gasteiger partial charge in [0.1, 0.15) is 5.82 Å². The van der Waals surface area contributed by atoms with Gasteiger partial charge in [-0.05, 0) is 43.2 Å². The Morgan fingerprint density at radius 1 is 1.00 bits per heavy atom. The maximum atomic E-state index is 10.3. The summed E-state index contributed by atoms with van der Waals surface area (Å²) in [5, 5.41) is 1.10. The lowest BCUT2D eigenvalue weighted by atomic mass is 9.90.